The predicted molar refractivity (Wildman–Crippen MR) is 156 cm³/mol. The van der Waals surface area contributed by atoms with Crippen LogP contribution in [0.25, 0.3) is 0 Å². The SMILES string of the molecule is CCCCCN(Cc1cccc(Oc2ccccc2)c1)C(=O)CNC(=O)C(CC(C)C)[C@H](CCC)C(=O)NC. The van der Waals surface area contributed by atoms with Crippen molar-refractivity contribution in [3.8, 4) is 11.5 Å². The largest absolute Gasteiger partial charge is 0.457 e. The molecule has 0 radical (unpaired) electrons. The second-order valence-electron chi connectivity index (χ2n) is 10.5. The second-order valence-corrected chi connectivity index (χ2v) is 10.5. The van der Waals surface area contributed by atoms with Crippen LogP contribution in [0.15, 0.2) is 54.6 Å². The molecule has 0 aliphatic heterocycles. The lowest BCUT2D eigenvalue weighted by Crippen LogP contribution is -2.46. The molecule has 1 unspecified atom stereocenters. The first-order valence-corrected chi connectivity index (χ1v) is 14.4. The first-order valence-electron chi connectivity index (χ1n) is 14.4. The minimum absolute atomic E-state index is 0.0909. The third-order valence-electron chi connectivity index (χ3n) is 6.78. The van der Waals surface area contributed by atoms with Crippen LogP contribution in [0.2, 0.25) is 0 Å². The molecule has 0 bridgehead atoms. The lowest BCUT2D eigenvalue weighted by molar-refractivity contribution is -0.138. The summed E-state index contributed by atoms with van der Waals surface area (Å²) in [4.78, 5) is 41.0. The van der Waals surface area contributed by atoms with Gasteiger partial charge in [-0.1, -0.05) is 77.3 Å². The van der Waals surface area contributed by atoms with E-state index in [1.165, 1.54) is 0 Å². The second kappa shape index (κ2) is 17.3. The van der Waals surface area contributed by atoms with Gasteiger partial charge >= 0.3 is 0 Å². The molecule has 0 aromatic heterocycles. The summed E-state index contributed by atoms with van der Waals surface area (Å²) >= 11 is 0. The summed E-state index contributed by atoms with van der Waals surface area (Å²) in [5, 5.41) is 5.58. The van der Waals surface area contributed by atoms with Crippen molar-refractivity contribution in [2.75, 3.05) is 20.1 Å². The van der Waals surface area contributed by atoms with Crippen molar-refractivity contribution in [2.45, 2.75) is 72.8 Å². The summed E-state index contributed by atoms with van der Waals surface area (Å²) in [6.45, 7) is 9.18. The molecular formula is C32H47N3O4. The fourth-order valence-corrected chi connectivity index (χ4v) is 4.78. The van der Waals surface area contributed by atoms with Gasteiger partial charge < -0.3 is 20.3 Å². The summed E-state index contributed by atoms with van der Waals surface area (Å²) < 4.78 is 5.97. The van der Waals surface area contributed by atoms with Gasteiger partial charge in [0.2, 0.25) is 17.7 Å². The van der Waals surface area contributed by atoms with Crippen LogP contribution in [0.4, 0.5) is 0 Å². The van der Waals surface area contributed by atoms with Gasteiger partial charge in [0.1, 0.15) is 11.5 Å². The number of nitrogens with zero attached hydrogens (tertiary/aromatic N) is 1. The average Bonchev–Trinajstić information content (AvgIpc) is 2.93. The molecule has 2 rings (SSSR count). The van der Waals surface area contributed by atoms with Crippen molar-refractivity contribution in [1.29, 1.82) is 0 Å². The summed E-state index contributed by atoms with van der Waals surface area (Å²) in [7, 11) is 1.60. The molecule has 214 valence electrons. The number of carbonyl (C=O) groups is 3. The van der Waals surface area contributed by atoms with Crippen LogP contribution in [0.3, 0.4) is 0 Å². The highest BCUT2D eigenvalue weighted by molar-refractivity contribution is 5.90. The van der Waals surface area contributed by atoms with Crippen molar-refractivity contribution in [2.24, 2.45) is 17.8 Å². The number of ether oxygens (including phenoxy) is 1. The molecule has 0 saturated carbocycles. The molecule has 0 heterocycles. The maximum absolute atomic E-state index is 13.4. The van der Waals surface area contributed by atoms with Crippen molar-refractivity contribution in [3.63, 3.8) is 0 Å². The number of hydrogen-bond acceptors (Lipinski definition) is 4. The molecule has 3 amide bonds. The standard InChI is InChI=1S/C32H47N3O4/c1-6-8-12-19-35(23-25-15-13-18-27(21-25)39-26-16-10-9-11-17-26)30(36)22-34-32(38)29(20-24(3)4)28(14-7-2)31(37)33-5/h9-11,13,15-18,21,24,28-29H,6-8,12,14,19-20,22-23H2,1-5H3,(H,33,37)(H,34,38)/t28-,29?/m0/s1. The number of unbranched alkanes of at least 4 members (excludes halogenated alkanes) is 2. The Morgan fingerprint density at radius 1 is 0.872 bits per heavy atom. The number of amides is 3. The molecule has 7 heteroatoms. The fraction of sp³-hybridized carbons (Fsp3) is 0.531. The number of para-hydroxylation sites is 1. The molecule has 39 heavy (non-hydrogen) atoms. The summed E-state index contributed by atoms with van der Waals surface area (Å²) in [5.41, 5.74) is 0.958. The van der Waals surface area contributed by atoms with E-state index in [1.807, 2.05) is 75.4 Å². The minimum Gasteiger partial charge on any atom is -0.457 e. The molecule has 0 saturated heterocycles. The number of rotatable bonds is 17. The molecule has 0 spiro atoms. The molecule has 2 atom stereocenters. The molecule has 7 nitrogen and oxygen atoms in total. The predicted octanol–water partition coefficient (Wildman–Crippen LogP) is 5.94. The quantitative estimate of drug-likeness (QED) is 0.245. The molecule has 0 aliphatic rings. The zero-order chi connectivity index (χ0) is 28.6. The highest BCUT2D eigenvalue weighted by Crippen LogP contribution is 2.26. The van der Waals surface area contributed by atoms with E-state index in [-0.39, 0.29) is 30.2 Å². The van der Waals surface area contributed by atoms with Gasteiger partial charge in [-0.05, 0) is 55.0 Å². The molecule has 2 aromatic carbocycles. The first kappa shape index (κ1) is 31.9. The van der Waals surface area contributed by atoms with E-state index in [0.29, 0.717) is 31.7 Å². The van der Waals surface area contributed by atoms with Crippen LogP contribution in [0.1, 0.15) is 71.8 Å². The van der Waals surface area contributed by atoms with Gasteiger partial charge in [0, 0.05) is 32.0 Å². The van der Waals surface area contributed by atoms with Gasteiger partial charge in [0.25, 0.3) is 0 Å². The Kier molecular flexibility index (Phi) is 14.1. The van der Waals surface area contributed by atoms with Crippen molar-refractivity contribution in [1.82, 2.24) is 15.5 Å². The third kappa shape index (κ3) is 11.1. The Balaban J connectivity index is 2.12. The van der Waals surface area contributed by atoms with Crippen LogP contribution in [0.5, 0.6) is 11.5 Å². The van der Waals surface area contributed by atoms with E-state index < -0.39 is 11.8 Å². The van der Waals surface area contributed by atoms with Crippen LogP contribution in [-0.2, 0) is 20.9 Å². The van der Waals surface area contributed by atoms with Crippen LogP contribution >= 0.6 is 0 Å². The van der Waals surface area contributed by atoms with Crippen molar-refractivity contribution >= 4 is 17.7 Å². The van der Waals surface area contributed by atoms with Crippen molar-refractivity contribution < 1.29 is 19.1 Å². The lowest BCUT2D eigenvalue weighted by Gasteiger charge is -2.27. The first-order chi connectivity index (χ1) is 18.8. The van der Waals surface area contributed by atoms with Crippen LogP contribution in [0, 0.1) is 17.8 Å². The average molecular weight is 538 g/mol. The monoisotopic (exact) mass is 537 g/mol. The van der Waals surface area contributed by atoms with Gasteiger partial charge in [-0.2, -0.15) is 0 Å². The Hall–Kier alpha value is -3.35. The Bertz CT molecular complexity index is 1030. The zero-order valence-corrected chi connectivity index (χ0v) is 24.4. The summed E-state index contributed by atoms with van der Waals surface area (Å²) in [6, 6.07) is 17.3. The summed E-state index contributed by atoms with van der Waals surface area (Å²) in [5.74, 6) is 0.334. The van der Waals surface area contributed by atoms with Gasteiger partial charge in [0.05, 0.1) is 6.54 Å². The maximum Gasteiger partial charge on any atom is 0.242 e. The third-order valence-corrected chi connectivity index (χ3v) is 6.78. The van der Waals surface area contributed by atoms with Gasteiger partial charge in [-0.25, -0.2) is 0 Å². The number of carbonyl (C=O) groups excluding carboxylic acids is 3. The molecule has 2 N–H and O–H groups in total. The fourth-order valence-electron chi connectivity index (χ4n) is 4.78. The lowest BCUT2D eigenvalue weighted by atomic mass is 9.81. The zero-order valence-electron chi connectivity index (χ0n) is 24.4. The highest BCUT2D eigenvalue weighted by Gasteiger charge is 2.33. The Labute approximate surface area is 234 Å². The van der Waals surface area contributed by atoms with Gasteiger partial charge in [-0.3, -0.25) is 14.4 Å². The van der Waals surface area contributed by atoms with Crippen LogP contribution < -0.4 is 15.4 Å². The molecule has 0 aliphatic carbocycles. The molecule has 2 aromatic rings. The van der Waals surface area contributed by atoms with Crippen molar-refractivity contribution in [3.05, 3.63) is 60.2 Å². The summed E-state index contributed by atoms with van der Waals surface area (Å²) in [6.07, 6.45) is 4.98. The Morgan fingerprint density at radius 3 is 2.23 bits per heavy atom. The van der Waals surface area contributed by atoms with Crippen LogP contribution in [-0.4, -0.2) is 42.8 Å². The molecule has 0 fully saturated rings. The Morgan fingerprint density at radius 2 is 1.59 bits per heavy atom. The highest BCUT2D eigenvalue weighted by atomic mass is 16.5. The van der Waals surface area contributed by atoms with Gasteiger partial charge in [0.15, 0.2) is 0 Å². The van der Waals surface area contributed by atoms with E-state index in [4.69, 9.17) is 4.74 Å². The van der Waals surface area contributed by atoms with Gasteiger partial charge in [-0.15, -0.1) is 0 Å². The van der Waals surface area contributed by atoms with E-state index in [1.54, 1.807) is 11.9 Å². The smallest absolute Gasteiger partial charge is 0.242 e. The van der Waals surface area contributed by atoms with E-state index in [9.17, 15) is 14.4 Å². The normalized spacial score (nSPS) is 12.5. The van der Waals surface area contributed by atoms with E-state index in [0.717, 1.165) is 37.0 Å². The molecular weight excluding hydrogens is 490 g/mol. The minimum atomic E-state index is -0.474. The topological polar surface area (TPSA) is 87.7 Å². The number of nitrogens with one attached hydrogen (secondary N) is 2. The van der Waals surface area contributed by atoms with E-state index in [2.05, 4.69) is 17.6 Å². The number of benzene rings is 2. The maximum atomic E-state index is 13.4. The number of hydrogen-bond donors (Lipinski definition) is 2. The van der Waals surface area contributed by atoms with E-state index >= 15 is 0 Å².